The molecule has 1 amide bonds. The van der Waals surface area contributed by atoms with Gasteiger partial charge in [-0.25, -0.2) is 0 Å². The Balaban J connectivity index is 1.24. The van der Waals surface area contributed by atoms with Crippen molar-refractivity contribution in [3.63, 3.8) is 0 Å². The molecular weight excluding hydrogens is 549 g/mol. The lowest BCUT2D eigenvalue weighted by Crippen LogP contribution is -2.40. The van der Waals surface area contributed by atoms with Gasteiger partial charge in [0.2, 0.25) is 5.91 Å². The van der Waals surface area contributed by atoms with Gasteiger partial charge in [-0.3, -0.25) is 9.59 Å². The number of hydrogen-bond donors (Lipinski definition) is 1. The third-order valence-corrected chi connectivity index (χ3v) is 8.20. The van der Waals surface area contributed by atoms with Gasteiger partial charge in [-0.2, -0.15) is 13.2 Å². The van der Waals surface area contributed by atoms with Crippen LogP contribution < -0.4 is 10.2 Å². The minimum atomic E-state index is -4.46. The van der Waals surface area contributed by atoms with Gasteiger partial charge >= 0.3 is 6.18 Å². The van der Waals surface area contributed by atoms with Gasteiger partial charge in [-0.05, 0) is 72.2 Å². The van der Waals surface area contributed by atoms with E-state index in [0.717, 1.165) is 54.9 Å². The number of carbonyl (C=O) groups excluding carboxylic acids is 2. The van der Waals surface area contributed by atoms with Crippen molar-refractivity contribution in [2.24, 2.45) is 5.92 Å². The minimum absolute atomic E-state index is 0.0794. The predicted octanol–water partition coefficient (Wildman–Crippen LogP) is 7.93. The number of anilines is 1. The number of halogens is 3. The van der Waals surface area contributed by atoms with E-state index >= 15 is 0 Å². The van der Waals surface area contributed by atoms with Crippen LogP contribution in [0.2, 0.25) is 0 Å². The lowest BCUT2D eigenvalue weighted by molar-refractivity contribution is -0.137. The molecule has 0 saturated carbocycles. The van der Waals surface area contributed by atoms with Crippen molar-refractivity contribution in [1.82, 2.24) is 5.32 Å². The van der Waals surface area contributed by atoms with E-state index in [1.165, 1.54) is 6.07 Å². The van der Waals surface area contributed by atoms with Crippen molar-refractivity contribution in [2.75, 3.05) is 24.5 Å². The number of benzene rings is 4. The fourth-order valence-corrected chi connectivity index (χ4v) is 6.02. The second-order valence-electron chi connectivity index (χ2n) is 11.0. The van der Waals surface area contributed by atoms with E-state index in [9.17, 15) is 22.8 Å². The Morgan fingerprint density at radius 1 is 0.860 bits per heavy atom. The molecule has 7 heteroatoms. The highest BCUT2D eigenvalue weighted by molar-refractivity contribution is 6.03. The summed E-state index contributed by atoms with van der Waals surface area (Å²) in [6.07, 6.45) is -2.53. The second kappa shape index (κ2) is 13.3. The quantitative estimate of drug-likeness (QED) is 0.203. The molecule has 4 aromatic rings. The fraction of sp³-hybridized carbons (Fsp3) is 0.278. The number of amides is 1. The van der Waals surface area contributed by atoms with Gasteiger partial charge in [0.05, 0.1) is 11.5 Å². The molecule has 1 fully saturated rings. The van der Waals surface area contributed by atoms with Crippen LogP contribution in [0.15, 0.2) is 103 Å². The molecule has 1 aliphatic heterocycles. The standard InChI is InChI=1S/C36H35F3N2O2/c1-2-40-35(43)34(26-9-4-3-5-10-26)27-19-21-41(22-20-27)30-17-15-25(16-18-30)23-33(42)32-14-7-6-13-31(32)28-11-8-12-29(24-28)36(37,38)39/h3-18,24,27,34H,2,19-23H2,1H3,(H,40,43). The van der Waals surface area contributed by atoms with Gasteiger partial charge in [0.1, 0.15) is 0 Å². The molecule has 4 aromatic carbocycles. The van der Waals surface area contributed by atoms with Gasteiger partial charge in [0.25, 0.3) is 0 Å². The number of likely N-dealkylation sites (N-methyl/N-ethyl adjacent to an activating group) is 1. The smallest absolute Gasteiger partial charge is 0.372 e. The van der Waals surface area contributed by atoms with E-state index in [4.69, 9.17) is 0 Å². The number of nitrogens with one attached hydrogen (secondary N) is 1. The molecule has 0 aromatic heterocycles. The molecule has 0 spiro atoms. The van der Waals surface area contributed by atoms with E-state index in [0.29, 0.717) is 23.2 Å². The van der Waals surface area contributed by atoms with Crippen molar-refractivity contribution < 1.29 is 22.8 Å². The first-order chi connectivity index (χ1) is 20.7. The van der Waals surface area contributed by atoms with Crippen LogP contribution in [-0.2, 0) is 17.4 Å². The Hall–Kier alpha value is -4.39. The number of rotatable bonds is 9. The number of alkyl halides is 3. The Kier molecular flexibility index (Phi) is 9.29. The molecule has 1 unspecified atom stereocenters. The molecule has 43 heavy (non-hydrogen) atoms. The number of nitrogens with zero attached hydrogens (tertiary/aromatic N) is 1. The van der Waals surface area contributed by atoms with Crippen LogP contribution in [0.5, 0.6) is 0 Å². The first-order valence-corrected chi connectivity index (χ1v) is 14.7. The Labute approximate surface area is 250 Å². The van der Waals surface area contributed by atoms with Crippen molar-refractivity contribution in [2.45, 2.75) is 38.3 Å². The summed E-state index contributed by atoms with van der Waals surface area (Å²) in [6.45, 7) is 4.20. The Morgan fingerprint density at radius 3 is 2.21 bits per heavy atom. The lowest BCUT2D eigenvalue weighted by atomic mass is 9.79. The monoisotopic (exact) mass is 584 g/mol. The maximum absolute atomic E-state index is 13.3. The average molecular weight is 585 g/mol. The van der Waals surface area contributed by atoms with Crippen LogP contribution >= 0.6 is 0 Å². The zero-order chi connectivity index (χ0) is 30.4. The second-order valence-corrected chi connectivity index (χ2v) is 11.0. The highest BCUT2D eigenvalue weighted by Crippen LogP contribution is 2.35. The maximum Gasteiger partial charge on any atom is 0.416 e. The molecule has 1 atom stereocenters. The summed E-state index contributed by atoms with van der Waals surface area (Å²) in [5.74, 6) is 0.00387. The van der Waals surface area contributed by atoms with Gasteiger partial charge in [-0.1, -0.05) is 78.9 Å². The molecule has 1 saturated heterocycles. The topological polar surface area (TPSA) is 49.4 Å². The molecular formula is C36H35F3N2O2. The number of carbonyl (C=O) groups is 2. The summed E-state index contributed by atoms with van der Waals surface area (Å²) in [7, 11) is 0. The minimum Gasteiger partial charge on any atom is -0.372 e. The van der Waals surface area contributed by atoms with E-state index < -0.39 is 11.7 Å². The predicted molar refractivity (Wildman–Crippen MR) is 164 cm³/mol. The molecule has 4 nitrogen and oxygen atoms in total. The van der Waals surface area contributed by atoms with Crippen molar-refractivity contribution >= 4 is 17.4 Å². The lowest BCUT2D eigenvalue weighted by Gasteiger charge is -2.37. The first kappa shape index (κ1) is 30.1. The molecule has 0 bridgehead atoms. The van der Waals surface area contributed by atoms with Crippen LogP contribution in [0.1, 0.15) is 52.7 Å². The highest BCUT2D eigenvalue weighted by atomic mass is 19.4. The van der Waals surface area contributed by atoms with E-state index in [2.05, 4.69) is 10.2 Å². The van der Waals surface area contributed by atoms with Crippen LogP contribution in [0, 0.1) is 5.92 Å². The van der Waals surface area contributed by atoms with Crippen LogP contribution in [0.3, 0.4) is 0 Å². The van der Waals surface area contributed by atoms with Gasteiger partial charge in [-0.15, -0.1) is 0 Å². The first-order valence-electron chi connectivity index (χ1n) is 14.7. The Morgan fingerprint density at radius 2 is 1.53 bits per heavy atom. The summed E-state index contributed by atoms with van der Waals surface area (Å²) in [5.41, 5.74) is 3.45. The fourth-order valence-electron chi connectivity index (χ4n) is 6.02. The van der Waals surface area contributed by atoms with Crippen LogP contribution in [0.4, 0.5) is 18.9 Å². The third kappa shape index (κ3) is 7.16. The average Bonchev–Trinajstić information content (AvgIpc) is 3.02. The number of hydrogen-bond acceptors (Lipinski definition) is 3. The molecule has 222 valence electrons. The summed E-state index contributed by atoms with van der Waals surface area (Å²) in [5, 5.41) is 3.01. The molecule has 5 rings (SSSR count). The number of Topliss-reactive ketones (excluding diaryl/α,β-unsaturated/α-hetero) is 1. The third-order valence-electron chi connectivity index (χ3n) is 8.20. The SMILES string of the molecule is CCNC(=O)C(c1ccccc1)C1CCN(c2ccc(CC(=O)c3ccccc3-c3cccc(C(F)(F)F)c3)cc2)CC1. The molecule has 0 aliphatic carbocycles. The van der Waals surface area contributed by atoms with Crippen molar-refractivity contribution in [3.05, 3.63) is 125 Å². The van der Waals surface area contributed by atoms with Gasteiger partial charge in [0, 0.05) is 37.3 Å². The molecule has 1 N–H and O–H groups in total. The van der Waals surface area contributed by atoms with E-state index in [-0.39, 0.29) is 29.9 Å². The zero-order valence-electron chi connectivity index (χ0n) is 24.1. The summed E-state index contributed by atoms with van der Waals surface area (Å²) < 4.78 is 39.9. The van der Waals surface area contributed by atoms with Gasteiger partial charge in [0.15, 0.2) is 5.78 Å². The van der Waals surface area contributed by atoms with Crippen LogP contribution in [-0.4, -0.2) is 31.3 Å². The maximum atomic E-state index is 13.3. The van der Waals surface area contributed by atoms with Crippen molar-refractivity contribution in [1.29, 1.82) is 0 Å². The number of piperidine rings is 1. The van der Waals surface area contributed by atoms with Gasteiger partial charge < -0.3 is 10.2 Å². The van der Waals surface area contributed by atoms with Crippen LogP contribution in [0.25, 0.3) is 11.1 Å². The largest absolute Gasteiger partial charge is 0.416 e. The molecule has 1 heterocycles. The van der Waals surface area contributed by atoms with E-state index in [1.807, 2.05) is 61.5 Å². The normalized spacial score (nSPS) is 14.7. The molecule has 1 aliphatic rings. The molecule has 0 radical (unpaired) electrons. The summed E-state index contributed by atoms with van der Waals surface area (Å²) in [6, 6.07) is 29.8. The number of ketones is 1. The zero-order valence-corrected chi connectivity index (χ0v) is 24.1. The Bertz CT molecular complexity index is 1540. The summed E-state index contributed by atoms with van der Waals surface area (Å²) >= 11 is 0. The summed E-state index contributed by atoms with van der Waals surface area (Å²) in [4.78, 5) is 28.6. The van der Waals surface area contributed by atoms with Crippen molar-refractivity contribution in [3.8, 4) is 11.1 Å². The van der Waals surface area contributed by atoms with E-state index in [1.54, 1.807) is 30.3 Å². The highest BCUT2D eigenvalue weighted by Gasteiger charge is 2.33.